The lowest BCUT2D eigenvalue weighted by atomic mass is 10.2. The van der Waals surface area contributed by atoms with Crippen LogP contribution in [0.25, 0.3) is 0 Å². The highest BCUT2D eigenvalue weighted by Gasteiger charge is 2.12. The van der Waals surface area contributed by atoms with Crippen LogP contribution >= 0.6 is 0 Å². The lowest BCUT2D eigenvalue weighted by Gasteiger charge is -2.12. The number of carbonyl (C=O) groups is 1. The van der Waals surface area contributed by atoms with Crippen LogP contribution in [0.2, 0.25) is 0 Å². The van der Waals surface area contributed by atoms with E-state index in [-0.39, 0.29) is 5.91 Å². The molecular weight excluding hydrogens is 236 g/mol. The number of hydrogen-bond donors (Lipinski definition) is 0. The van der Waals surface area contributed by atoms with Crippen LogP contribution in [-0.4, -0.2) is 36.7 Å². The van der Waals surface area contributed by atoms with Crippen LogP contribution in [0.15, 0.2) is 4.42 Å². The zero-order valence-electron chi connectivity index (χ0n) is 11.4. The molecule has 0 aliphatic heterocycles. The highest BCUT2D eigenvalue weighted by Crippen LogP contribution is 2.20. The van der Waals surface area contributed by atoms with Crippen LogP contribution in [0.1, 0.15) is 31.4 Å². The van der Waals surface area contributed by atoms with E-state index in [9.17, 15) is 4.79 Å². The molecular formula is C12H20N2O4. The summed E-state index contributed by atoms with van der Waals surface area (Å²) in [5, 5.41) is 1.21. The van der Waals surface area contributed by atoms with Gasteiger partial charge in [0, 0.05) is 19.9 Å². The van der Waals surface area contributed by atoms with Gasteiger partial charge < -0.3 is 9.15 Å². The molecule has 0 bridgehead atoms. The van der Waals surface area contributed by atoms with Gasteiger partial charge in [-0.1, -0.05) is 0 Å². The second kappa shape index (κ2) is 7.00. The van der Waals surface area contributed by atoms with E-state index in [0.717, 1.165) is 5.69 Å². The Morgan fingerprint density at radius 2 is 2.22 bits per heavy atom. The van der Waals surface area contributed by atoms with Gasteiger partial charge in [-0.25, -0.2) is 10.0 Å². The van der Waals surface area contributed by atoms with Crippen LogP contribution < -0.4 is 4.74 Å². The Hall–Kier alpha value is -1.56. The molecule has 6 nitrogen and oxygen atoms in total. The molecule has 0 saturated heterocycles. The molecule has 6 heteroatoms. The first-order chi connectivity index (χ1) is 8.58. The highest BCUT2D eigenvalue weighted by molar-refractivity contribution is 5.74. The van der Waals surface area contributed by atoms with Gasteiger partial charge >= 0.3 is 5.95 Å². The average molecular weight is 256 g/mol. The SMILES string of the molecule is CCOc1oc(CCCC(=O)N(C)OC)nc1C. The maximum Gasteiger partial charge on any atom is 0.308 e. The first-order valence-corrected chi connectivity index (χ1v) is 5.98. The van der Waals surface area contributed by atoms with Crippen LogP contribution in [0.4, 0.5) is 0 Å². The topological polar surface area (TPSA) is 64.8 Å². The van der Waals surface area contributed by atoms with E-state index < -0.39 is 0 Å². The summed E-state index contributed by atoms with van der Waals surface area (Å²) in [6.07, 6.45) is 1.67. The van der Waals surface area contributed by atoms with Crippen LogP contribution in [0, 0.1) is 6.92 Å². The van der Waals surface area contributed by atoms with Gasteiger partial charge in [0.25, 0.3) is 0 Å². The van der Waals surface area contributed by atoms with Gasteiger partial charge in [-0.05, 0) is 20.3 Å². The Labute approximate surface area is 107 Å². The molecule has 102 valence electrons. The molecule has 1 heterocycles. The molecule has 0 N–H and O–H groups in total. The van der Waals surface area contributed by atoms with E-state index in [1.165, 1.54) is 12.2 Å². The number of nitrogens with zero attached hydrogens (tertiary/aromatic N) is 2. The molecule has 1 aromatic rings. The average Bonchev–Trinajstić information content (AvgIpc) is 2.69. The molecule has 0 aliphatic carbocycles. The minimum atomic E-state index is -0.0641. The Morgan fingerprint density at radius 1 is 1.50 bits per heavy atom. The molecule has 0 fully saturated rings. The molecule has 0 atom stereocenters. The molecule has 0 aliphatic rings. The van der Waals surface area contributed by atoms with Crippen molar-refractivity contribution in [1.29, 1.82) is 0 Å². The van der Waals surface area contributed by atoms with Gasteiger partial charge in [0.05, 0.1) is 13.7 Å². The summed E-state index contributed by atoms with van der Waals surface area (Å²) in [6.45, 7) is 4.27. The van der Waals surface area contributed by atoms with Crippen LogP contribution in [-0.2, 0) is 16.1 Å². The van der Waals surface area contributed by atoms with Gasteiger partial charge in [-0.2, -0.15) is 0 Å². The first kappa shape index (κ1) is 14.5. The van der Waals surface area contributed by atoms with E-state index in [4.69, 9.17) is 14.0 Å². The van der Waals surface area contributed by atoms with Crippen molar-refractivity contribution >= 4 is 5.91 Å². The van der Waals surface area contributed by atoms with Crippen molar-refractivity contribution in [3.63, 3.8) is 0 Å². The summed E-state index contributed by atoms with van der Waals surface area (Å²) in [4.78, 5) is 20.5. The molecule has 0 aromatic carbocycles. The van der Waals surface area contributed by atoms with E-state index in [1.807, 2.05) is 13.8 Å². The smallest absolute Gasteiger partial charge is 0.308 e. The number of aryl methyl sites for hydroxylation is 2. The van der Waals surface area contributed by atoms with Crippen LogP contribution in [0.5, 0.6) is 5.95 Å². The molecule has 1 rings (SSSR count). The molecule has 18 heavy (non-hydrogen) atoms. The second-order valence-corrected chi connectivity index (χ2v) is 3.84. The number of ether oxygens (including phenoxy) is 1. The third kappa shape index (κ3) is 4.03. The van der Waals surface area contributed by atoms with Crippen molar-refractivity contribution in [3.05, 3.63) is 11.6 Å². The summed E-state index contributed by atoms with van der Waals surface area (Å²) in [6, 6.07) is 0. The number of hydroxylamine groups is 2. The fourth-order valence-electron chi connectivity index (χ4n) is 1.46. The fourth-order valence-corrected chi connectivity index (χ4v) is 1.46. The number of amides is 1. The van der Waals surface area contributed by atoms with Crippen molar-refractivity contribution in [1.82, 2.24) is 10.0 Å². The molecule has 0 radical (unpaired) electrons. The van der Waals surface area contributed by atoms with E-state index in [1.54, 1.807) is 7.05 Å². The molecule has 1 aromatic heterocycles. The van der Waals surface area contributed by atoms with Gasteiger partial charge in [-0.3, -0.25) is 9.63 Å². The molecule has 0 unspecified atom stereocenters. The van der Waals surface area contributed by atoms with Crippen molar-refractivity contribution in [2.24, 2.45) is 0 Å². The third-order valence-electron chi connectivity index (χ3n) is 2.48. The normalized spacial score (nSPS) is 10.4. The van der Waals surface area contributed by atoms with Gasteiger partial charge in [-0.15, -0.1) is 0 Å². The molecule has 1 amide bonds. The molecule has 0 spiro atoms. The lowest BCUT2D eigenvalue weighted by Crippen LogP contribution is -2.25. The van der Waals surface area contributed by atoms with E-state index in [0.29, 0.717) is 37.7 Å². The summed E-state index contributed by atoms with van der Waals surface area (Å²) >= 11 is 0. The van der Waals surface area contributed by atoms with Gasteiger partial charge in [0.15, 0.2) is 5.89 Å². The maximum absolute atomic E-state index is 11.5. The number of aromatic nitrogens is 1. The minimum Gasteiger partial charge on any atom is -0.464 e. The Balaban J connectivity index is 2.40. The van der Waals surface area contributed by atoms with Gasteiger partial charge in [0.2, 0.25) is 5.91 Å². The van der Waals surface area contributed by atoms with Crippen LogP contribution in [0.3, 0.4) is 0 Å². The Morgan fingerprint density at radius 3 is 2.83 bits per heavy atom. The number of oxazole rings is 1. The van der Waals surface area contributed by atoms with Crippen molar-refractivity contribution in [2.75, 3.05) is 20.8 Å². The highest BCUT2D eigenvalue weighted by atomic mass is 16.7. The minimum absolute atomic E-state index is 0.0641. The summed E-state index contributed by atoms with van der Waals surface area (Å²) in [7, 11) is 3.05. The van der Waals surface area contributed by atoms with Crippen molar-refractivity contribution in [3.8, 4) is 5.95 Å². The maximum atomic E-state index is 11.5. The van der Waals surface area contributed by atoms with E-state index in [2.05, 4.69) is 4.98 Å². The number of carbonyl (C=O) groups excluding carboxylic acids is 1. The zero-order chi connectivity index (χ0) is 13.5. The standard InChI is InChI=1S/C12H20N2O4/c1-5-17-12-9(2)13-10(18-12)7-6-8-11(15)14(3)16-4/h5-8H2,1-4H3. The summed E-state index contributed by atoms with van der Waals surface area (Å²) in [5.74, 6) is 1.00. The quantitative estimate of drug-likeness (QED) is 0.695. The predicted octanol–water partition coefficient (Wildman–Crippen LogP) is 1.72. The Bertz CT molecular complexity index is 389. The third-order valence-corrected chi connectivity index (χ3v) is 2.48. The summed E-state index contributed by atoms with van der Waals surface area (Å²) in [5.41, 5.74) is 0.743. The fraction of sp³-hybridized carbons (Fsp3) is 0.667. The number of hydrogen-bond acceptors (Lipinski definition) is 5. The van der Waals surface area contributed by atoms with Crippen molar-refractivity contribution < 1.29 is 18.8 Å². The molecule has 0 saturated carbocycles. The largest absolute Gasteiger partial charge is 0.464 e. The monoisotopic (exact) mass is 256 g/mol. The van der Waals surface area contributed by atoms with E-state index >= 15 is 0 Å². The zero-order valence-corrected chi connectivity index (χ0v) is 11.4. The predicted molar refractivity (Wildman–Crippen MR) is 65.1 cm³/mol. The van der Waals surface area contributed by atoms with Gasteiger partial charge in [0.1, 0.15) is 5.69 Å². The second-order valence-electron chi connectivity index (χ2n) is 3.84. The summed E-state index contributed by atoms with van der Waals surface area (Å²) < 4.78 is 10.7. The lowest BCUT2D eigenvalue weighted by molar-refractivity contribution is -0.168. The Kier molecular flexibility index (Phi) is 5.64. The number of rotatable bonds is 7. The first-order valence-electron chi connectivity index (χ1n) is 5.98. The van der Waals surface area contributed by atoms with Crippen molar-refractivity contribution in [2.45, 2.75) is 33.1 Å².